The van der Waals surface area contributed by atoms with Crippen LogP contribution in [0.4, 0.5) is 0 Å². The highest BCUT2D eigenvalue weighted by molar-refractivity contribution is 7.13. The van der Waals surface area contributed by atoms with Crippen LogP contribution in [-0.4, -0.2) is 77.3 Å². The molecule has 1 fully saturated rings. The second-order valence-electron chi connectivity index (χ2n) is 10.2. The van der Waals surface area contributed by atoms with Gasteiger partial charge in [-0.2, -0.15) is 0 Å². The molecule has 204 valence electrons. The zero-order valence-electron chi connectivity index (χ0n) is 21.5. The number of amides is 3. The Labute approximate surface area is 236 Å². The predicted molar refractivity (Wildman–Crippen MR) is 151 cm³/mol. The third-order valence-corrected chi connectivity index (χ3v) is 8.53. The molecule has 1 aliphatic carbocycles. The number of benzene rings is 1. The Hall–Kier alpha value is -2.66. The number of aromatic nitrogens is 2. The number of carbonyl (C=O) groups excluding carboxylic acids is 3. The maximum absolute atomic E-state index is 13.3. The van der Waals surface area contributed by atoms with Crippen LogP contribution in [0.3, 0.4) is 0 Å². The molecule has 0 radical (unpaired) electrons. The molecule has 1 aliphatic heterocycles. The van der Waals surface area contributed by atoms with Crippen LogP contribution in [0.15, 0.2) is 24.3 Å². The van der Waals surface area contributed by atoms with E-state index in [1.54, 1.807) is 37.2 Å². The van der Waals surface area contributed by atoms with Gasteiger partial charge in [0.05, 0.1) is 11.7 Å². The molecule has 9 nitrogen and oxygen atoms in total. The van der Waals surface area contributed by atoms with Crippen molar-refractivity contribution in [2.45, 2.75) is 44.3 Å². The highest BCUT2D eigenvalue weighted by Gasteiger charge is 2.37. The summed E-state index contributed by atoms with van der Waals surface area (Å²) in [4.78, 5) is 51.8. The lowest BCUT2D eigenvalue weighted by Gasteiger charge is -2.37. The molecule has 3 heterocycles. The van der Waals surface area contributed by atoms with Gasteiger partial charge in [0, 0.05) is 66.4 Å². The number of nitrogens with zero attached hydrogens (tertiary/aromatic N) is 3. The van der Waals surface area contributed by atoms with Gasteiger partial charge >= 0.3 is 0 Å². The summed E-state index contributed by atoms with van der Waals surface area (Å²) in [7, 11) is 5.54. The van der Waals surface area contributed by atoms with E-state index in [1.165, 1.54) is 11.3 Å². The zero-order valence-corrected chi connectivity index (χ0v) is 23.9. The van der Waals surface area contributed by atoms with Crippen LogP contribution in [0.2, 0.25) is 5.02 Å². The molecule has 1 saturated carbocycles. The molecule has 5 rings (SSSR count). The molecule has 3 aromatic rings. The molecule has 3 atom stereocenters. The summed E-state index contributed by atoms with van der Waals surface area (Å²) >= 11 is 7.51. The predicted octanol–water partition coefficient (Wildman–Crippen LogP) is 3.47. The third kappa shape index (κ3) is 5.98. The number of hydrogen-bond acceptors (Lipinski definition) is 6. The molecule has 3 N–H and O–H groups in total. The molecular formula is C26H32Cl2N6O3S. The Morgan fingerprint density at radius 3 is 2.66 bits per heavy atom. The molecule has 0 bridgehead atoms. The Morgan fingerprint density at radius 1 is 1.13 bits per heavy atom. The molecular weight excluding hydrogens is 547 g/mol. The van der Waals surface area contributed by atoms with E-state index in [4.69, 9.17) is 11.6 Å². The number of hydrogen-bond donors (Lipinski definition) is 3. The first-order valence-electron chi connectivity index (χ1n) is 12.5. The van der Waals surface area contributed by atoms with Crippen molar-refractivity contribution in [2.75, 3.05) is 27.7 Å². The molecule has 38 heavy (non-hydrogen) atoms. The van der Waals surface area contributed by atoms with Crippen molar-refractivity contribution in [3.8, 4) is 0 Å². The monoisotopic (exact) mass is 578 g/mol. The smallest absolute Gasteiger partial charge is 0.280 e. The van der Waals surface area contributed by atoms with Gasteiger partial charge in [-0.3, -0.25) is 14.4 Å². The average Bonchev–Trinajstić information content (AvgIpc) is 3.48. The highest BCUT2D eigenvalue weighted by atomic mass is 35.5. The quantitative estimate of drug-likeness (QED) is 0.429. The first kappa shape index (κ1) is 28.4. The minimum absolute atomic E-state index is 0. The minimum atomic E-state index is -0.401. The van der Waals surface area contributed by atoms with E-state index < -0.39 is 6.04 Å². The van der Waals surface area contributed by atoms with Gasteiger partial charge < -0.3 is 25.4 Å². The van der Waals surface area contributed by atoms with Crippen LogP contribution >= 0.6 is 35.3 Å². The first-order valence-corrected chi connectivity index (χ1v) is 13.7. The van der Waals surface area contributed by atoms with Gasteiger partial charge in [-0.15, -0.1) is 23.7 Å². The van der Waals surface area contributed by atoms with Gasteiger partial charge in [0.25, 0.3) is 11.8 Å². The Bertz CT molecular complexity index is 1360. The van der Waals surface area contributed by atoms with Crippen LogP contribution in [0.1, 0.15) is 50.1 Å². The molecule has 12 heteroatoms. The lowest BCUT2D eigenvalue weighted by atomic mass is 9.81. The molecule has 0 unspecified atom stereocenters. The molecule has 2 aliphatic rings. The summed E-state index contributed by atoms with van der Waals surface area (Å²) in [6.07, 6.45) is 2.48. The normalized spacial score (nSPS) is 21.3. The maximum Gasteiger partial charge on any atom is 0.280 e. The maximum atomic E-state index is 13.3. The van der Waals surface area contributed by atoms with E-state index in [0.29, 0.717) is 35.0 Å². The van der Waals surface area contributed by atoms with Crippen LogP contribution in [0.25, 0.3) is 10.9 Å². The van der Waals surface area contributed by atoms with Gasteiger partial charge in [0.1, 0.15) is 5.69 Å². The fraction of sp³-hybridized carbons (Fsp3) is 0.462. The number of aromatic amines is 1. The summed E-state index contributed by atoms with van der Waals surface area (Å²) in [5.74, 6) is -0.711. The SMILES string of the molecule is CN1CCc2nc(C(=O)N[C@H]3C[C@H](C(=O)N(C)C)CC[C@H]3NC(=O)c3cc4cc(Cl)ccc4[nH]3)sc2C1.Cl. The van der Waals surface area contributed by atoms with Gasteiger partial charge in [-0.1, -0.05) is 11.6 Å². The number of nitrogens with one attached hydrogen (secondary N) is 3. The molecule has 1 aromatic carbocycles. The van der Waals surface area contributed by atoms with Crippen LogP contribution in [0.5, 0.6) is 0 Å². The largest absolute Gasteiger partial charge is 0.351 e. The summed E-state index contributed by atoms with van der Waals surface area (Å²) < 4.78 is 0. The second-order valence-corrected chi connectivity index (χ2v) is 11.7. The fourth-order valence-corrected chi connectivity index (χ4v) is 6.49. The van der Waals surface area contributed by atoms with Crippen LogP contribution in [0, 0.1) is 5.92 Å². The molecule has 0 spiro atoms. The van der Waals surface area contributed by atoms with Crippen molar-refractivity contribution in [1.82, 2.24) is 30.4 Å². The van der Waals surface area contributed by atoms with Crippen LogP contribution < -0.4 is 10.6 Å². The Kier molecular flexibility index (Phi) is 8.66. The van der Waals surface area contributed by atoms with Crippen molar-refractivity contribution in [2.24, 2.45) is 5.92 Å². The van der Waals surface area contributed by atoms with Crippen molar-refractivity contribution in [3.05, 3.63) is 50.6 Å². The number of likely N-dealkylation sites (N-methyl/N-ethyl adjacent to an activating group) is 1. The third-order valence-electron chi connectivity index (χ3n) is 7.22. The molecule has 3 amide bonds. The van der Waals surface area contributed by atoms with Gasteiger partial charge in [0.15, 0.2) is 5.01 Å². The number of rotatable bonds is 5. The van der Waals surface area contributed by atoms with Crippen molar-refractivity contribution >= 4 is 64.0 Å². The number of thiazole rings is 1. The molecule has 2 aromatic heterocycles. The van der Waals surface area contributed by atoms with E-state index in [0.717, 1.165) is 41.0 Å². The lowest BCUT2D eigenvalue weighted by molar-refractivity contribution is -0.134. The fourth-order valence-electron chi connectivity index (χ4n) is 5.21. The van der Waals surface area contributed by atoms with E-state index in [1.807, 2.05) is 6.07 Å². The number of halogens is 2. The summed E-state index contributed by atoms with van der Waals surface area (Å²) in [6, 6.07) is 6.45. The van der Waals surface area contributed by atoms with E-state index in [2.05, 4.69) is 32.5 Å². The lowest BCUT2D eigenvalue weighted by Crippen LogP contribution is -2.56. The van der Waals surface area contributed by atoms with E-state index in [9.17, 15) is 14.4 Å². The van der Waals surface area contributed by atoms with E-state index in [-0.39, 0.29) is 42.1 Å². The summed E-state index contributed by atoms with van der Waals surface area (Å²) in [6.45, 7) is 1.71. The standard InChI is InChI=1S/C26H31ClN6O3S.ClH/c1-32(2)26(36)14-4-6-18(29-23(34)21-12-15-10-16(27)5-7-17(15)28-21)20(11-14)30-24(35)25-31-19-8-9-33(3)13-22(19)37-25;/h5,7,10,12,14,18,20,28H,4,6,8-9,11,13H2,1-3H3,(H,29,34)(H,30,35);1H/t14-,18-,20+;/m1./s1. The zero-order chi connectivity index (χ0) is 26.3. The summed E-state index contributed by atoms with van der Waals surface area (Å²) in [5, 5.41) is 8.07. The second kappa shape index (κ2) is 11.6. The van der Waals surface area contributed by atoms with Crippen molar-refractivity contribution < 1.29 is 14.4 Å². The van der Waals surface area contributed by atoms with Crippen LogP contribution in [-0.2, 0) is 17.8 Å². The number of carbonyl (C=O) groups is 3. The average molecular weight is 580 g/mol. The first-order chi connectivity index (χ1) is 17.7. The molecule has 0 saturated heterocycles. The van der Waals surface area contributed by atoms with Gasteiger partial charge in [-0.05, 0) is 50.6 Å². The Balaban J connectivity index is 0.00000336. The number of fused-ring (bicyclic) bond motifs is 2. The van der Waals surface area contributed by atoms with Crippen molar-refractivity contribution in [3.63, 3.8) is 0 Å². The topological polar surface area (TPSA) is 110 Å². The van der Waals surface area contributed by atoms with E-state index >= 15 is 0 Å². The van der Waals surface area contributed by atoms with Gasteiger partial charge in [-0.25, -0.2) is 4.98 Å². The van der Waals surface area contributed by atoms with Crippen molar-refractivity contribution in [1.29, 1.82) is 0 Å². The van der Waals surface area contributed by atoms with Gasteiger partial charge in [0.2, 0.25) is 5.91 Å². The minimum Gasteiger partial charge on any atom is -0.351 e. The Morgan fingerprint density at radius 2 is 1.89 bits per heavy atom. The number of H-pyrrole nitrogens is 1. The summed E-state index contributed by atoms with van der Waals surface area (Å²) in [5.41, 5.74) is 2.23. The highest BCUT2D eigenvalue weighted by Crippen LogP contribution is 2.29.